The molecule has 0 aromatic heterocycles. The minimum absolute atomic E-state index is 0. The van der Waals surface area contributed by atoms with Crippen LogP contribution in [0.5, 0.6) is 0 Å². The molecule has 2 aliphatic carbocycles. The van der Waals surface area contributed by atoms with Crippen LogP contribution in [-0.2, 0) is 36.5 Å². The zero-order valence-corrected chi connectivity index (χ0v) is 22.8. The first-order valence-electron chi connectivity index (χ1n) is 7.79. The molecule has 0 spiro atoms. The maximum absolute atomic E-state index is 11.3. The van der Waals surface area contributed by atoms with E-state index in [0.717, 1.165) is 0 Å². The van der Waals surface area contributed by atoms with Crippen molar-refractivity contribution in [2.45, 2.75) is 55.1 Å². The molecule has 2 fully saturated rings. The van der Waals surface area contributed by atoms with E-state index >= 15 is 0 Å². The normalized spacial score (nSPS) is 36.5. The van der Waals surface area contributed by atoms with Gasteiger partial charge in [-0.15, -0.1) is 0 Å². The van der Waals surface area contributed by atoms with Gasteiger partial charge < -0.3 is 18.9 Å². The molecule has 1 N–H and O–H groups in total. The van der Waals surface area contributed by atoms with Gasteiger partial charge in [-0.05, 0) is 50.4 Å². The van der Waals surface area contributed by atoms with Gasteiger partial charge in [-0.2, -0.15) is 0 Å². The van der Waals surface area contributed by atoms with Gasteiger partial charge in [0.2, 0.25) is 0 Å². The molecular weight excluding hydrogens is 438 g/mol. The van der Waals surface area contributed by atoms with Crippen LogP contribution in [0.3, 0.4) is 0 Å². The van der Waals surface area contributed by atoms with E-state index in [-0.39, 0.29) is 134 Å². The summed E-state index contributed by atoms with van der Waals surface area (Å²) in [5, 5.41) is 7.85. The zero-order valence-electron chi connectivity index (χ0n) is 14.9. The predicted octanol–water partition coefficient (Wildman–Crippen LogP) is -5.67. The monoisotopic (exact) mass is 458 g/mol. The molecule has 8 nitrogen and oxygen atoms in total. The van der Waals surface area contributed by atoms with Gasteiger partial charge >= 0.3 is 109 Å². The summed E-state index contributed by atoms with van der Waals surface area (Å²) < 4.78 is 50.3. The van der Waals surface area contributed by atoms with Gasteiger partial charge in [-0.25, -0.2) is 0 Å². The molecule has 0 aromatic carbocycles. The van der Waals surface area contributed by atoms with Crippen molar-refractivity contribution in [3.8, 4) is 0 Å². The Morgan fingerprint density at radius 3 is 1.88 bits per heavy atom. The van der Waals surface area contributed by atoms with Crippen LogP contribution in [0.1, 0.15) is 38.5 Å². The quantitative estimate of drug-likeness (QED) is 0.236. The first kappa shape index (κ1) is 28.4. The summed E-state index contributed by atoms with van der Waals surface area (Å²) in [6, 6.07) is 0. The third kappa shape index (κ3) is 8.28. The molecule has 12 heteroatoms. The van der Waals surface area contributed by atoms with Crippen LogP contribution in [0.25, 0.3) is 0 Å². The van der Waals surface area contributed by atoms with E-state index in [9.17, 15) is 32.2 Å². The second-order valence-electron chi connectivity index (χ2n) is 6.59. The third-order valence-electron chi connectivity index (χ3n) is 5.17. The smallest absolute Gasteiger partial charge is 0.772 e. The molecule has 8 atom stereocenters. The second-order valence-corrected chi connectivity index (χ2v) is 8.96. The number of carbonyl (C=O) groups excluding carboxylic acids is 1. The van der Waals surface area contributed by atoms with Crippen LogP contribution >= 0.6 is 0 Å². The Balaban J connectivity index is 0.00000312. The molecule has 0 amide bonds. The van der Waals surface area contributed by atoms with Gasteiger partial charge in [-0.3, -0.25) is 18.0 Å². The fourth-order valence-electron chi connectivity index (χ4n) is 4.04. The zero-order chi connectivity index (χ0) is 17.9. The van der Waals surface area contributed by atoms with Crippen molar-refractivity contribution in [2.75, 3.05) is 0 Å². The van der Waals surface area contributed by atoms with E-state index in [1.165, 1.54) is 0 Å². The topological polar surface area (TPSA) is 144 Å². The summed E-state index contributed by atoms with van der Waals surface area (Å²) in [5.41, 5.74) is 0. The number of ether oxygens (including phenoxy) is 1. The van der Waals surface area contributed by atoms with Crippen LogP contribution in [0, 0.1) is 17.8 Å². The fourth-order valence-corrected chi connectivity index (χ4v) is 5.61. The molecule has 26 heavy (non-hydrogen) atoms. The van der Waals surface area contributed by atoms with E-state index < -0.39 is 50.7 Å². The molecule has 2 aliphatic rings. The molecular formula is C14H20K2O8S2. The van der Waals surface area contributed by atoms with E-state index in [1.807, 2.05) is 0 Å². The molecule has 0 aromatic rings. The average Bonchev–Trinajstić information content (AvgIpc) is 2.54. The van der Waals surface area contributed by atoms with E-state index in [0.29, 0.717) is 25.7 Å². The van der Waals surface area contributed by atoms with Crippen LogP contribution in [0.15, 0.2) is 0 Å². The molecule has 0 radical (unpaired) electrons. The first-order valence-corrected chi connectivity index (χ1v) is 10.1. The number of carbonyl (C=O) groups is 2. The predicted molar refractivity (Wildman–Crippen MR) is 82.2 cm³/mol. The maximum atomic E-state index is 11.3. The standard InChI is InChI=1S/C14H22O8S2.2K/c15-7-22-11-2-9(4-13(6-11)24(20)21)8-1-10(14(16)17)5-12(3-8)23(18)19;;/h7-13H,1-6H2,(H,16,17)(H,18,19)(H,20,21);;/q;2*+1/p-2. The number of carboxylic acids is 1. The Labute approximate surface area is 242 Å². The molecule has 0 bridgehead atoms. The Morgan fingerprint density at radius 1 is 0.923 bits per heavy atom. The van der Waals surface area contributed by atoms with Crippen molar-refractivity contribution < 1.29 is 140 Å². The van der Waals surface area contributed by atoms with Crippen molar-refractivity contribution in [3.05, 3.63) is 0 Å². The van der Waals surface area contributed by atoms with Crippen LogP contribution < -0.4 is 103 Å². The van der Waals surface area contributed by atoms with E-state index in [2.05, 4.69) is 0 Å². The number of aliphatic carboxylic acids is 1. The molecule has 0 saturated heterocycles. The SMILES string of the molecule is O=COC1CC(C2CC(C(=O)O)CC(S(=O)[O-])C2)CC(S(=O)[O-])C1.[K+].[K+]. The van der Waals surface area contributed by atoms with Gasteiger partial charge in [-0.1, -0.05) is 22.2 Å². The van der Waals surface area contributed by atoms with Crippen LogP contribution in [0.4, 0.5) is 0 Å². The van der Waals surface area contributed by atoms with Crippen molar-refractivity contribution in [1.29, 1.82) is 0 Å². The molecule has 138 valence electrons. The summed E-state index contributed by atoms with van der Waals surface area (Å²) in [6.45, 7) is 0.286. The van der Waals surface area contributed by atoms with Crippen molar-refractivity contribution in [3.63, 3.8) is 0 Å². The molecule has 2 rings (SSSR count). The van der Waals surface area contributed by atoms with Gasteiger partial charge in [0.25, 0.3) is 6.47 Å². The number of hydrogen-bond donors (Lipinski definition) is 1. The summed E-state index contributed by atoms with van der Waals surface area (Å²) in [4.78, 5) is 21.9. The number of hydrogen-bond acceptors (Lipinski definition) is 7. The van der Waals surface area contributed by atoms with Crippen LogP contribution in [-0.4, -0.2) is 51.7 Å². The van der Waals surface area contributed by atoms with Crippen molar-refractivity contribution in [1.82, 2.24) is 0 Å². The fraction of sp³-hybridized carbons (Fsp3) is 0.857. The van der Waals surface area contributed by atoms with Crippen molar-refractivity contribution >= 4 is 34.6 Å². The van der Waals surface area contributed by atoms with Crippen LogP contribution in [0.2, 0.25) is 0 Å². The molecule has 2 saturated carbocycles. The van der Waals surface area contributed by atoms with E-state index in [4.69, 9.17) is 4.74 Å². The van der Waals surface area contributed by atoms with Gasteiger partial charge in [0.05, 0.1) is 5.92 Å². The summed E-state index contributed by atoms with van der Waals surface area (Å²) >= 11 is -4.69. The average molecular weight is 459 g/mol. The Hall–Kier alpha value is 2.43. The number of carboxylic acid groups (broad SMARTS) is 1. The Bertz CT molecular complexity index is 513. The largest absolute Gasteiger partial charge is 1.00 e. The summed E-state index contributed by atoms with van der Waals surface area (Å²) in [5.74, 6) is -2.18. The third-order valence-corrected chi connectivity index (χ3v) is 7.02. The minimum atomic E-state index is -2.37. The van der Waals surface area contributed by atoms with E-state index in [1.54, 1.807) is 0 Å². The van der Waals surface area contributed by atoms with Gasteiger partial charge in [0.15, 0.2) is 0 Å². The number of rotatable bonds is 6. The molecule has 8 unspecified atom stereocenters. The Morgan fingerprint density at radius 2 is 1.42 bits per heavy atom. The molecule has 0 heterocycles. The van der Waals surface area contributed by atoms with Gasteiger partial charge in [0, 0.05) is 10.5 Å². The first-order chi connectivity index (χ1) is 11.3. The summed E-state index contributed by atoms with van der Waals surface area (Å²) in [6.07, 6.45) is 1.17. The second kappa shape index (κ2) is 13.7. The van der Waals surface area contributed by atoms with Gasteiger partial charge in [0.1, 0.15) is 6.10 Å². The maximum Gasteiger partial charge on any atom is 1.00 e. The minimum Gasteiger partial charge on any atom is -0.772 e. The summed E-state index contributed by atoms with van der Waals surface area (Å²) in [7, 11) is 0. The van der Waals surface area contributed by atoms with Crippen molar-refractivity contribution in [2.24, 2.45) is 17.8 Å². The Kier molecular flexibility index (Phi) is 15.0. The molecule has 0 aliphatic heterocycles.